The Hall–Kier alpha value is -1.90. The predicted molar refractivity (Wildman–Crippen MR) is 66.3 cm³/mol. The predicted octanol–water partition coefficient (Wildman–Crippen LogP) is 2.61. The SMILES string of the molecule is CC(=O)OC(C)(C)C(=O)/C=C\c1ccccc1. The van der Waals surface area contributed by atoms with E-state index in [1.807, 2.05) is 30.3 Å². The number of hydrogen-bond acceptors (Lipinski definition) is 3. The highest BCUT2D eigenvalue weighted by Gasteiger charge is 2.28. The molecule has 0 radical (unpaired) electrons. The molecule has 0 aliphatic carbocycles. The molecule has 0 spiro atoms. The van der Waals surface area contributed by atoms with Crippen molar-refractivity contribution in [3.8, 4) is 0 Å². The van der Waals surface area contributed by atoms with Crippen LogP contribution in [-0.2, 0) is 14.3 Å². The molecular weight excluding hydrogens is 216 g/mol. The Morgan fingerprint density at radius 2 is 1.76 bits per heavy atom. The van der Waals surface area contributed by atoms with E-state index in [1.165, 1.54) is 13.0 Å². The number of ether oxygens (including phenoxy) is 1. The second-order valence-corrected chi connectivity index (χ2v) is 4.21. The molecule has 0 atom stereocenters. The van der Waals surface area contributed by atoms with Crippen LogP contribution in [0.3, 0.4) is 0 Å². The molecule has 0 amide bonds. The maximum Gasteiger partial charge on any atom is 0.303 e. The molecule has 1 aromatic rings. The van der Waals surface area contributed by atoms with E-state index in [2.05, 4.69) is 0 Å². The third-order valence-corrected chi connectivity index (χ3v) is 2.22. The van der Waals surface area contributed by atoms with Gasteiger partial charge in [-0.25, -0.2) is 0 Å². The van der Waals surface area contributed by atoms with Gasteiger partial charge in [-0.1, -0.05) is 36.4 Å². The van der Waals surface area contributed by atoms with Crippen molar-refractivity contribution in [2.75, 3.05) is 0 Å². The van der Waals surface area contributed by atoms with Gasteiger partial charge in [-0.2, -0.15) is 0 Å². The first-order chi connectivity index (χ1) is 7.92. The molecule has 17 heavy (non-hydrogen) atoms. The van der Waals surface area contributed by atoms with Crippen molar-refractivity contribution in [3.05, 3.63) is 42.0 Å². The van der Waals surface area contributed by atoms with Crippen LogP contribution in [0.15, 0.2) is 36.4 Å². The first kappa shape index (κ1) is 13.2. The summed E-state index contributed by atoms with van der Waals surface area (Å²) in [4.78, 5) is 22.6. The summed E-state index contributed by atoms with van der Waals surface area (Å²) in [6.07, 6.45) is 3.13. The maximum atomic E-state index is 11.8. The molecule has 1 aromatic carbocycles. The average molecular weight is 232 g/mol. The zero-order valence-corrected chi connectivity index (χ0v) is 10.3. The molecule has 0 N–H and O–H groups in total. The minimum absolute atomic E-state index is 0.239. The van der Waals surface area contributed by atoms with Gasteiger partial charge >= 0.3 is 5.97 Å². The maximum absolute atomic E-state index is 11.8. The van der Waals surface area contributed by atoms with Crippen molar-refractivity contribution in [1.29, 1.82) is 0 Å². The summed E-state index contributed by atoms with van der Waals surface area (Å²) in [7, 11) is 0. The van der Waals surface area contributed by atoms with E-state index in [-0.39, 0.29) is 5.78 Å². The fourth-order valence-electron chi connectivity index (χ4n) is 1.35. The van der Waals surface area contributed by atoms with Gasteiger partial charge in [-0.3, -0.25) is 9.59 Å². The minimum Gasteiger partial charge on any atom is -0.451 e. The van der Waals surface area contributed by atoms with E-state index in [4.69, 9.17) is 4.74 Å². The Labute approximate surface area is 101 Å². The first-order valence-corrected chi connectivity index (χ1v) is 5.39. The largest absolute Gasteiger partial charge is 0.451 e. The second kappa shape index (κ2) is 5.43. The highest BCUT2D eigenvalue weighted by molar-refractivity contribution is 6.00. The Morgan fingerprint density at radius 3 is 2.29 bits per heavy atom. The molecule has 0 heterocycles. The molecule has 0 aliphatic heterocycles. The van der Waals surface area contributed by atoms with Gasteiger partial charge in [0.15, 0.2) is 11.4 Å². The zero-order valence-electron chi connectivity index (χ0n) is 10.3. The van der Waals surface area contributed by atoms with E-state index in [9.17, 15) is 9.59 Å². The van der Waals surface area contributed by atoms with Crippen LogP contribution in [0.1, 0.15) is 26.3 Å². The lowest BCUT2D eigenvalue weighted by Gasteiger charge is -2.20. The molecule has 0 saturated heterocycles. The molecule has 3 nitrogen and oxygen atoms in total. The molecule has 0 aliphatic rings. The third kappa shape index (κ3) is 4.23. The van der Waals surface area contributed by atoms with E-state index in [0.717, 1.165) is 5.56 Å². The summed E-state index contributed by atoms with van der Waals surface area (Å²) in [5.74, 6) is -0.701. The summed E-state index contributed by atoms with van der Waals surface area (Å²) < 4.78 is 4.95. The van der Waals surface area contributed by atoms with Gasteiger partial charge in [0.25, 0.3) is 0 Å². The Morgan fingerprint density at radius 1 is 1.18 bits per heavy atom. The quantitative estimate of drug-likeness (QED) is 0.592. The summed E-state index contributed by atoms with van der Waals surface area (Å²) in [6, 6.07) is 9.47. The highest BCUT2D eigenvalue weighted by Crippen LogP contribution is 2.13. The Balaban J connectivity index is 2.72. The van der Waals surface area contributed by atoms with E-state index < -0.39 is 11.6 Å². The van der Waals surface area contributed by atoms with Crippen LogP contribution in [0.4, 0.5) is 0 Å². The van der Waals surface area contributed by atoms with Gasteiger partial charge < -0.3 is 4.74 Å². The zero-order chi connectivity index (χ0) is 12.9. The third-order valence-electron chi connectivity index (χ3n) is 2.22. The lowest BCUT2D eigenvalue weighted by atomic mass is 10.0. The van der Waals surface area contributed by atoms with Crippen molar-refractivity contribution >= 4 is 17.8 Å². The lowest BCUT2D eigenvalue weighted by molar-refractivity contribution is -0.159. The van der Waals surface area contributed by atoms with E-state index in [1.54, 1.807) is 19.9 Å². The van der Waals surface area contributed by atoms with Gasteiger partial charge in [0.05, 0.1) is 0 Å². The fourth-order valence-corrected chi connectivity index (χ4v) is 1.35. The summed E-state index contributed by atoms with van der Waals surface area (Å²) in [5.41, 5.74) is -0.184. The summed E-state index contributed by atoms with van der Waals surface area (Å²) >= 11 is 0. The molecule has 0 aromatic heterocycles. The van der Waals surface area contributed by atoms with Gasteiger partial charge in [0.2, 0.25) is 0 Å². The fraction of sp³-hybridized carbons (Fsp3) is 0.286. The number of hydrogen-bond donors (Lipinski definition) is 0. The van der Waals surface area contributed by atoms with Crippen LogP contribution in [0.25, 0.3) is 6.08 Å². The van der Waals surface area contributed by atoms with Gasteiger partial charge in [0.1, 0.15) is 0 Å². The van der Waals surface area contributed by atoms with Gasteiger partial charge in [0, 0.05) is 6.92 Å². The average Bonchev–Trinajstić information content (AvgIpc) is 2.25. The molecule has 90 valence electrons. The highest BCUT2D eigenvalue weighted by atomic mass is 16.6. The number of carbonyl (C=O) groups excluding carboxylic acids is 2. The molecule has 0 saturated carbocycles. The van der Waals surface area contributed by atoms with Crippen LogP contribution < -0.4 is 0 Å². The number of esters is 1. The van der Waals surface area contributed by atoms with Gasteiger partial charge in [-0.15, -0.1) is 0 Å². The molecule has 0 unspecified atom stereocenters. The number of benzene rings is 1. The van der Waals surface area contributed by atoms with Crippen LogP contribution >= 0.6 is 0 Å². The number of ketones is 1. The van der Waals surface area contributed by atoms with Crippen molar-refractivity contribution in [2.24, 2.45) is 0 Å². The normalized spacial score (nSPS) is 11.5. The minimum atomic E-state index is -1.11. The van der Waals surface area contributed by atoms with Gasteiger partial charge in [-0.05, 0) is 25.5 Å². The van der Waals surface area contributed by atoms with Crippen molar-refractivity contribution in [1.82, 2.24) is 0 Å². The van der Waals surface area contributed by atoms with Crippen molar-refractivity contribution < 1.29 is 14.3 Å². The van der Waals surface area contributed by atoms with Crippen molar-refractivity contribution in [3.63, 3.8) is 0 Å². The second-order valence-electron chi connectivity index (χ2n) is 4.21. The molecule has 1 rings (SSSR count). The summed E-state index contributed by atoms with van der Waals surface area (Å²) in [5, 5.41) is 0. The molecule has 3 heteroatoms. The van der Waals surface area contributed by atoms with Crippen LogP contribution in [0.2, 0.25) is 0 Å². The standard InChI is InChI=1S/C14H16O3/c1-11(15)17-14(2,3)13(16)10-9-12-7-5-4-6-8-12/h4-10H,1-3H3/b10-9-. The Kier molecular flexibility index (Phi) is 4.21. The smallest absolute Gasteiger partial charge is 0.303 e. The van der Waals surface area contributed by atoms with Crippen LogP contribution in [-0.4, -0.2) is 17.4 Å². The van der Waals surface area contributed by atoms with Crippen LogP contribution in [0, 0.1) is 0 Å². The number of carbonyl (C=O) groups is 2. The number of rotatable bonds is 4. The van der Waals surface area contributed by atoms with Crippen LogP contribution in [0.5, 0.6) is 0 Å². The topological polar surface area (TPSA) is 43.4 Å². The molecule has 0 bridgehead atoms. The van der Waals surface area contributed by atoms with E-state index in [0.29, 0.717) is 0 Å². The monoisotopic (exact) mass is 232 g/mol. The summed E-state index contributed by atoms with van der Waals surface area (Å²) in [6.45, 7) is 4.44. The lowest BCUT2D eigenvalue weighted by Crippen LogP contribution is -2.35. The first-order valence-electron chi connectivity index (χ1n) is 5.39. The molecular formula is C14H16O3. The molecule has 0 fully saturated rings. The Bertz CT molecular complexity index is 430. The van der Waals surface area contributed by atoms with E-state index >= 15 is 0 Å². The van der Waals surface area contributed by atoms with Crippen molar-refractivity contribution in [2.45, 2.75) is 26.4 Å².